The zero-order chi connectivity index (χ0) is 30.0. The molecule has 4 aromatic rings. The molecule has 9 heteroatoms. The molecule has 0 spiro atoms. The Bertz CT molecular complexity index is 1510. The highest BCUT2D eigenvalue weighted by Gasteiger charge is 2.29. The first-order chi connectivity index (χ1) is 21.0. The summed E-state index contributed by atoms with van der Waals surface area (Å²) in [7, 11) is 2.03. The number of likely N-dealkylation sites (N-methyl/N-ethyl adjacent to an activating group) is 1. The lowest BCUT2D eigenvalue weighted by molar-refractivity contribution is -0.136. The van der Waals surface area contributed by atoms with E-state index in [2.05, 4.69) is 15.2 Å². The van der Waals surface area contributed by atoms with Crippen molar-refractivity contribution in [3.8, 4) is 11.6 Å². The molecule has 0 aliphatic carbocycles. The van der Waals surface area contributed by atoms with Crippen LogP contribution in [0.2, 0.25) is 5.02 Å². The van der Waals surface area contributed by atoms with E-state index in [4.69, 9.17) is 21.1 Å². The second-order valence-corrected chi connectivity index (χ2v) is 11.0. The first-order valence-corrected chi connectivity index (χ1v) is 14.7. The summed E-state index contributed by atoms with van der Waals surface area (Å²) in [5.41, 5.74) is 3.14. The van der Waals surface area contributed by atoms with Crippen molar-refractivity contribution in [3.63, 3.8) is 0 Å². The fraction of sp³-hybridized carbons (Fsp3) is 0.265. The number of nitrogens with zero attached hydrogens (tertiary/aromatic N) is 3. The number of halogens is 1. The Balaban J connectivity index is 1.34. The Morgan fingerprint density at radius 3 is 2.33 bits per heavy atom. The van der Waals surface area contributed by atoms with Crippen molar-refractivity contribution in [3.05, 3.63) is 124 Å². The number of hydrogen-bond donors (Lipinski definition) is 1. The number of carbonyl (C=O) groups excluding carboxylic acids is 2. The standard InChI is InChI=1S/C34H35ClN4O4/c1-38-17-19-39(20-18-38)34(41)30(24-42-23-26-11-6-3-7-12-26)37-32(40)29-13-8-16-36-33(29)43-31-15-14-28(35)22-27(31)21-25-9-4-2-5-10-25/h2-16,22,30H,17-21,23-24H2,1H3,(H,37,40). The summed E-state index contributed by atoms with van der Waals surface area (Å²) < 4.78 is 12.2. The number of piperazine rings is 1. The Labute approximate surface area is 257 Å². The predicted molar refractivity (Wildman–Crippen MR) is 166 cm³/mol. The molecule has 1 unspecified atom stereocenters. The molecule has 1 aliphatic heterocycles. The molecule has 43 heavy (non-hydrogen) atoms. The summed E-state index contributed by atoms with van der Waals surface area (Å²) >= 11 is 6.32. The molecule has 1 atom stereocenters. The average molecular weight is 599 g/mol. The van der Waals surface area contributed by atoms with Crippen molar-refractivity contribution in [2.45, 2.75) is 19.1 Å². The van der Waals surface area contributed by atoms with Gasteiger partial charge in [0.15, 0.2) is 0 Å². The van der Waals surface area contributed by atoms with Crippen LogP contribution in [-0.4, -0.2) is 72.5 Å². The molecule has 2 heterocycles. The van der Waals surface area contributed by atoms with Crippen LogP contribution in [0.3, 0.4) is 0 Å². The Kier molecular flexibility index (Phi) is 10.4. The van der Waals surface area contributed by atoms with Gasteiger partial charge in [0, 0.05) is 49.4 Å². The van der Waals surface area contributed by atoms with Crippen molar-refractivity contribution in [1.29, 1.82) is 0 Å². The lowest BCUT2D eigenvalue weighted by Crippen LogP contribution is -2.55. The summed E-state index contributed by atoms with van der Waals surface area (Å²) in [5.74, 6) is 0.0195. The number of rotatable bonds is 11. The Morgan fingerprint density at radius 2 is 1.60 bits per heavy atom. The van der Waals surface area contributed by atoms with Crippen LogP contribution in [0.1, 0.15) is 27.0 Å². The van der Waals surface area contributed by atoms with Crippen LogP contribution in [0, 0.1) is 0 Å². The largest absolute Gasteiger partial charge is 0.438 e. The van der Waals surface area contributed by atoms with Gasteiger partial charge < -0.3 is 24.6 Å². The second kappa shape index (κ2) is 14.8. The number of benzene rings is 3. The van der Waals surface area contributed by atoms with Crippen molar-refractivity contribution < 1.29 is 19.1 Å². The fourth-order valence-corrected chi connectivity index (χ4v) is 5.07. The molecule has 2 amide bonds. The van der Waals surface area contributed by atoms with Crippen LogP contribution in [0.4, 0.5) is 0 Å². The molecule has 1 saturated heterocycles. The SMILES string of the molecule is CN1CCN(C(=O)C(COCc2ccccc2)NC(=O)c2cccnc2Oc2ccc(Cl)cc2Cc2ccccc2)CC1. The van der Waals surface area contributed by atoms with Crippen molar-refractivity contribution in [2.24, 2.45) is 0 Å². The van der Waals surface area contributed by atoms with Gasteiger partial charge in [0.25, 0.3) is 5.91 Å². The zero-order valence-corrected chi connectivity index (χ0v) is 24.9. The average Bonchev–Trinajstić information content (AvgIpc) is 3.03. The molecule has 0 saturated carbocycles. The number of carbonyl (C=O) groups is 2. The summed E-state index contributed by atoms with van der Waals surface area (Å²) in [5, 5.41) is 3.49. The molecule has 0 radical (unpaired) electrons. The van der Waals surface area contributed by atoms with E-state index in [1.807, 2.05) is 73.8 Å². The highest BCUT2D eigenvalue weighted by Crippen LogP contribution is 2.30. The summed E-state index contributed by atoms with van der Waals surface area (Å²) in [6.07, 6.45) is 2.15. The minimum atomic E-state index is -0.878. The zero-order valence-electron chi connectivity index (χ0n) is 24.1. The molecule has 5 rings (SSSR count). The molecular formula is C34H35ClN4O4. The molecule has 1 fully saturated rings. The topological polar surface area (TPSA) is 84.0 Å². The van der Waals surface area contributed by atoms with Crippen LogP contribution in [0.25, 0.3) is 0 Å². The van der Waals surface area contributed by atoms with E-state index < -0.39 is 11.9 Å². The number of ether oxygens (including phenoxy) is 2. The van der Waals surface area contributed by atoms with Gasteiger partial charge in [0.2, 0.25) is 11.8 Å². The van der Waals surface area contributed by atoms with Crippen LogP contribution >= 0.6 is 11.6 Å². The number of nitrogens with one attached hydrogen (secondary N) is 1. The highest BCUT2D eigenvalue weighted by molar-refractivity contribution is 6.30. The van der Waals surface area contributed by atoms with E-state index in [1.54, 1.807) is 35.4 Å². The number of aromatic nitrogens is 1. The van der Waals surface area contributed by atoms with E-state index in [1.165, 1.54) is 0 Å². The number of amides is 2. The van der Waals surface area contributed by atoms with Crippen LogP contribution < -0.4 is 10.1 Å². The van der Waals surface area contributed by atoms with Gasteiger partial charge in [-0.15, -0.1) is 0 Å². The lowest BCUT2D eigenvalue weighted by Gasteiger charge is -2.34. The van der Waals surface area contributed by atoms with Gasteiger partial charge in [-0.1, -0.05) is 72.3 Å². The summed E-state index contributed by atoms with van der Waals surface area (Å²) in [6, 6.07) is 27.5. The summed E-state index contributed by atoms with van der Waals surface area (Å²) in [6.45, 7) is 3.06. The van der Waals surface area contributed by atoms with Crippen molar-refractivity contribution >= 4 is 23.4 Å². The Morgan fingerprint density at radius 1 is 0.907 bits per heavy atom. The first kappa shape index (κ1) is 30.2. The maximum absolute atomic E-state index is 13.7. The quantitative estimate of drug-likeness (QED) is 0.255. The molecule has 3 aromatic carbocycles. The fourth-order valence-electron chi connectivity index (χ4n) is 4.88. The van der Waals surface area contributed by atoms with E-state index in [0.29, 0.717) is 36.9 Å². The highest BCUT2D eigenvalue weighted by atomic mass is 35.5. The van der Waals surface area contributed by atoms with Crippen LogP contribution in [0.15, 0.2) is 97.2 Å². The van der Waals surface area contributed by atoms with Gasteiger partial charge in [0.05, 0.1) is 13.2 Å². The summed E-state index contributed by atoms with van der Waals surface area (Å²) in [4.78, 5) is 35.6. The normalized spacial score (nSPS) is 14.2. The van der Waals surface area contributed by atoms with Crippen molar-refractivity contribution in [1.82, 2.24) is 20.1 Å². The van der Waals surface area contributed by atoms with Gasteiger partial charge >= 0.3 is 0 Å². The third kappa shape index (κ3) is 8.41. The molecule has 222 valence electrons. The number of hydrogen-bond acceptors (Lipinski definition) is 6. The van der Waals surface area contributed by atoms with E-state index in [0.717, 1.165) is 29.8 Å². The van der Waals surface area contributed by atoms with Crippen molar-refractivity contribution in [2.75, 3.05) is 39.8 Å². The van der Waals surface area contributed by atoms with Gasteiger partial charge in [-0.05, 0) is 48.5 Å². The predicted octanol–water partition coefficient (Wildman–Crippen LogP) is 5.21. The number of pyridine rings is 1. The first-order valence-electron chi connectivity index (χ1n) is 14.3. The minimum absolute atomic E-state index is 0.0284. The molecular weight excluding hydrogens is 564 g/mol. The third-order valence-corrected chi connectivity index (χ3v) is 7.53. The Hall–Kier alpha value is -4.24. The molecule has 1 aromatic heterocycles. The van der Waals surface area contributed by atoms with Crippen LogP contribution in [0.5, 0.6) is 11.6 Å². The minimum Gasteiger partial charge on any atom is -0.438 e. The molecule has 1 N–H and O–H groups in total. The maximum atomic E-state index is 13.7. The lowest BCUT2D eigenvalue weighted by atomic mass is 10.0. The van der Waals surface area contributed by atoms with Gasteiger partial charge in [-0.3, -0.25) is 9.59 Å². The third-order valence-electron chi connectivity index (χ3n) is 7.30. The molecule has 1 aliphatic rings. The van der Waals surface area contributed by atoms with Gasteiger partial charge in [-0.25, -0.2) is 4.98 Å². The van der Waals surface area contributed by atoms with E-state index in [-0.39, 0.29) is 24.0 Å². The van der Waals surface area contributed by atoms with Crippen LogP contribution in [-0.2, 0) is 22.6 Å². The monoisotopic (exact) mass is 598 g/mol. The van der Waals surface area contributed by atoms with Gasteiger partial charge in [-0.2, -0.15) is 0 Å². The van der Waals surface area contributed by atoms with E-state index >= 15 is 0 Å². The maximum Gasteiger partial charge on any atom is 0.257 e. The smallest absolute Gasteiger partial charge is 0.257 e. The molecule has 0 bridgehead atoms. The van der Waals surface area contributed by atoms with E-state index in [9.17, 15) is 9.59 Å². The van der Waals surface area contributed by atoms with Gasteiger partial charge in [0.1, 0.15) is 17.4 Å². The molecule has 8 nitrogen and oxygen atoms in total. The second-order valence-electron chi connectivity index (χ2n) is 10.5.